The Morgan fingerprint density at radius 1 is 1.23 bits per heavy atom. The van der Waals surface area contributed by atoms with Crippen LogP contribution in [0.25, 0.3) is 0 Å². The smallest absolute Gasteiger partial charge is 0.409 e. The third-order valence-electron chi connectivity index (χ3n) is 5.78. The second-order valence-corrected chi connectivity index (χ2v) is 7.26. The third kappa shape index (κ3) is 4.57. The van der Waals surface area contributed by atoms with Gasteiger partial charge in [0.2, 0.25) is 0 Å². The highest BCUT2D eigenvalue weighted by atomic mass is 16.6. The zero-order chi connectivity index (χ0) is 18.4. The molecule has 3 aliphatic rings. The number of nitrogens with one attached hydrogen (secondary N) is 1. The molecule has 0 saturated carbocycles. The first-order valence-corrected chi connectivity index (χ1v) is 9.89. The van der Waals surface area contributed by atoms with Crippen molar-refractivity contribution in [2.24, 2.45) is 10.9 Å². The number of rotatable bonds is 4. The van der Waals surface area contributed by atoms with E-state index in [1.54, 1.807) is 13.4 Å². The topological polar surface area (TPSA) is 66.4 Å². The average Bonchev–Trinajstić information content (AvgIpc) is 2.94. The van der Waals surface area contributed by atoms with Crippen molar-refractivity contribution in [3.8, 4) is 0 Å². The molecule has 0 aromatic rings. The maximum Gasteiger partial charge on any atom is 0.409 e. The highest BCUT2D eigenvalue weighted by Crippen LogP contribution is 2.31. The molecule has 0 radical (unpaired) electrons. The molecule has 0 spiro atoms. The number of ether oxygens (including phenoxy) is 2. The van der Waals surface area contributed by atoms with Crippen molar-refractivity contribution >= 4 is 12.4 Å². The molecule has 0 aromatic heterocycles. The van der Waals surface area contributed by atoms with Gasteiger partial charge in [0.1, 0.15) is 0 Å². The van der Waals surface area contributed by atoms with E-state index in [2.05, 4.69) is 21.4 Å². The molecule has 2 fully saturated rings. The Hall–Kier alpha value is -1.60. The van der Waals surface area contributed by atoms with Crippen LogP contribution in [0.1, 0.15) is 39.0 Å². The summed E-state index contributed by atoms with van der Waals surface area (Å²) in [6.07, 6.45) is 9.01. The van der Waals surface area contributed by atoms with Crippen molar-refractivity contribution in [3.05, 3.63) is 11.8 Å². The van der Waals surface area contributed by atoms with Gasteiger partial charge in [-0.3, -0.25) is 0 Å². The fraction of sp³-hybridized carbons (Fsp3) is 0.789. The van der Waals surface area contributed by atoms with Gasteiger partial charge >= 0.3 is 6.09 Å². The minimum Gasteiger partial charge on any atom is -0.450 e. The molecular weight excluding hydrogens is 332 g/mol. The molecule has 146 valence electrons. The van der Waals surface area contributed by atoms with E-state index in [0.717, 1.165) is 58.3 Å². The lowest BCUT2D eigenvalue weighted by atomic mass is 9.87. The molecule has 7 heteroatoms. The normalized spacial score (nSPS) is 28.2. The number of carbonyl (C=O) groups excluding carboxylic acids is 1. The van der Waals surface area contributed by atoms with E-state index < -0.39 is 0 Å². The summed E-state index contributed by atoms with van der Waals surface area (Å²) in [5.41, 5.74) is 1.27. The van der Waals surface area contributed by atoms with Gasteiger partial charge in [0.15, 0.2) is 6.23 Å². The van der Waals surface area contributed by atoms with Crippen LogP contribution in [0.4, 0.5) is 4.79 Å². The van der Waals surface area contributed by atoms with Crippen LogP contribution >= 0.6 is 0 Å². The Morgan fingerprint density at radius 2 is 2.04 bits per heavy atom. The fourth-order valence-electron chi connectivity index (χ4n) is 4.36. The number of nitrogens with zero attached hydrogens (tertiary/aromatic N) is 3. The summed E-state index contributed by atoms with van der Waals surface area (Å²) >= 11 is 0. The Kier molecular flexibility index (Phi) is 6.91. The third-order valence-corrected chi connectivity index (χ3v) is 5.78. The summed E-state index contributed by atoms with van der Waals surface area (Å²) in [5.74, 6) is 0.531. The van der Waals surface area contributed by atoms with Crippen molar-refractivity contribution in [2.45, 2.75) is 51.3 Å². The second-order valence-electron chi connectivity index (χ2n) is 7.26. The number of likely N-dealkylation sites (tertiary alicyclic amines) is 2. The summed E-state index contributed by atoms with van der Waals surface area (Å²) in [5, 5.41) is 3.11. The van der Waals surface area contributed by atoms with Crippen LogP contribution < -0.4 is 5.32 Å². The first-order valence-electron chi connectivity index (χ1n) is 9.89. The van der Waals surface area contributed by atoms with E-state index >= 15 is 0 Å². The van der Waals surface area contributed by atoms with E-state index in [0.29, 0.717) is 18.6 Å². The number of piperidine rings is 1. The molecule has 3 rings (SSSR count). The first kappa shape index (κ1) is 19.2. The molecule has 1 N–H and O–H groups in total. The summed E-state index contributed by atoms with van der Waals surface area (Å²) in [6, 6.07) is 0.574. The largest absolute Gasteiger partial charge is 0.450 e. The SMILES string of the molecule is CCOC(=O)N1CCCC(N2CCC(C3=CNC=NC3OC)CC2)CC1. The molecule has 2 unspecified atom stereocenters. The molecule has 3 heterocycles. The van der Waals surface area contributed by atoms with Crippen molar-refractivity contribution in [1.82, 2.24) is 15.1 Å². The summed E-state index contributed by atoms with van der Waals surface area (Å²) in [7, 11) is 1.72. The highest BCUT2D eigenvalue weighted by molar-refractivity contribution is 5.67. The maximum absolute atomic E-state index is 12.0. The molecule has 0 aromatic carbocycles. The van der Waals surface area contributed by atoms with E-state index in [1.165, 1.54) is 5.57 Å². The standard InChI is InChI=1S/C19H32N4O3/c1-3-26-19(24)23-9-4-5-16(8-12-23)22-10-6-15(7-11-22)17-13-20-14-21-18(17)25-2/h13-16,18H,3-12H2,1-2H3,(H,20,21). The van der Waals surface area contributed by atoms with Crippen LogP contribution in [-0.4, -0.2) is 74.4 Å². The van der Waals surface area contributed by atoms with Gasteiger partial charge in [-0.2, -0.15) is 0 Å². The number of carbonyl (C=O) groups is 1. The minimum atomic E-state index is -0.158. The van der Waals surface area contributed by atoms with Crippen LogP contribution in [-0.2, 0) is 9.47 Å². The maximum atomic E-state index is 12.0. The van der Waals surface area contributed by atoms with Crippen molar-refractivity contribution in [2.75, 3.05) is 39.9 Å². The molecule has 1 amide bonds. The van der Waals surface area contributed by atoms with Gasteiger partial charge in [0.05, 0.1) is 12.9 Å². The zero-order valence-corrected chi connectivity index (χ0v) is 16.0. The van der Waals surface area contributed by atoms with Crippen LogP contribution in [0.3, 0.4) is 0 Å². The minimum absolute atomic E-state index is 0.135. The fourth-order valence-corrected chi connectivity index (χ4v) is 4.36. The van der Waals surface area contributed by atoms with Crippen molar-refractivity contribution in [3.63, 3.8) is 0 Å². The molecule has 0 bridgehead atoms. The second kappa shape index (κ2) is 9.37. The Labute approximate surface area is 156 Å². The van der Waals surface area contributed by atoms with Crippen molar-refractivity contribution in [1.29, 1.82) is 0 Å². The number of amides is 1. The molecule has 3 aliphatic heterocycles. The van der Waals surface area contributed by atoms with E-state index in [9.17, 15) is 4.79 Å². The van der Waals surface area contributed by atoms with E-state index in [-0.39, 0.29) is 12.3 Å². The van der Waals surface area contributed by atoms with Crippen LogP contribution in [0.5, 0.6) is 0 Å². The van der Waals surface area contributed by atoms with Gasteiger partial charge in [-0.1, -0.05) is 0 Å². The number of aliphatic imine (C=N–C) groups is 1. The number of hydrogen-bond donors (Lipinski definition) is 1. The number of hydrogen-bond acceptors (Lipinski definition) is 6. The molecule has 2 saturated heterocycles. The summed E-state index contributed by atoms with van der Waals surface area (Å²) in [4.78, 5) is 20.8. The van der Waals surface area contributed by atoms with Gasteiger partial charge in [-0.15, -0.1) is 0 Å². The lowest BCUT2D eigenvalue weighted by Gasteiger charge is -2.39. The first-order chi connectivity index (χ1) is 12.7. The Morgan fingerprint density at radius 3 is 2.77 bits per heavy atom. The monoisotopic (exact) mass is 364 g/mol. The summed E-state index contributed by atoms with van der Waals surface area (Å²) < 4.78 is 10.7. The Balaban J connectivity index is 1.49. The predicted octanol–water partition coefficient (Wildman–Crippen LogP) is 2.20. The quantitative estimate of drug-likeness (QED) is 0.828. The van der Waals surface area contributed by atoms with Gasteiger partial charge in [-0.25, -0.2) is 9.79 Å². The predicted molar refractivity (Wildman–Crippen MR) is 101 cm³/mol. The van der Waals surface area contributed by atoms with Crippen molar-refractivity contribution < 1.29 is 14.3 Å². The average molecular weight is 364 g/mol. The highest BCUT2D eigenvalue weighted by Gasteiger charge is 2.31. The molecule has 7 nitrogen and oxygen atoms in total. The van der Waals surface area contributed by atoms with Gasteiger partial charge < -0.3 is 24.6 Å². The van der Waals surface area contributed by atoms with Crippen LogP contribution in [0.15, 0.2) is 16.8 Å². The zero-order valence-electron chi connectivity index (χ0n) is 16.0. The van der Waals surface area contributed by atoms with E-state index in [4.69, 9.17) is 9.47 Å². The lowest BCUT2D eigenvalue weighted by molar-refractivity contribution is 0.0956. The molecule has 26 heavy (non-hydrogen) atoms. The van der Waals surface area contributed by atoms with Gasteiger partial charge in [0.25, 0.3) is 0 Å². The van der Waals surface area contributed by atoms with Gasteiger partial charge in [-0.05, 0) is 63.6 Å². The van der Waals surface area contributed by atoms with E-state index in [1.807, 2.05) is 11.8 Å². The molecular formula is C19H32N4O3. The van der Waals surface area contributed by atoms with Crippen LogP contribution in [0.2, 0.25) is 0 Å². The summed E-state index contributed by atoms with van der Waals surface area (Å²) in [6.45, 7) is 6.14. The number of methoxy groups -OCH3 is 1. The molecule has 2 atom stereocenters. The lowest BCUT2D eigenvalue weighted by Crippen LogP contribution is -2.43. The van der Waals surface area contributed by atoms with Gasteiger partial charge in [0, 0.05) is 32.4 Å². The van der Waals surface area contributed by atoms with Crippen LogP contribution in [0, 0.1) is 5.92 Å². The molecule has 0 aliphatic carbocycles. The Bertz CT molecular complexity index is 529.